The summed E-state index contributed by atoms with van der Waals surface area (Å²) in [7, 11) is 0. The second-order valence-corrected chi connectivity index (χ2v) is 1.99. The van der Waals surface area contributed by atoms with Gasteiger partial charge in [0.05, 0.1) is 4.92 Å². The summed E-state index contributed by atoms with van der Waals surface area (Å²) in [6.07, 6.45) is 0. The summed E-state index contributed by atoms with van der Waals surface area (Å²) in [5.41, 5.74) is 0.908. The van der Waals surface area contributed by atoms with E-state index in [1.54, 1.807) is 13.0 Å². The van der Waals surface area contributed by atoms with Crippen LogP contribution in [0.1, 0.15) is 5.56 Å². The summed E-state index contributed by atoms with van der Waals surface area (Å²) in [6.45, 7) is 1.77. The molecule has 10 heavy (non-hydrogen) atoms. The van der Waals surface area contributed by atoms with Crippen LogP contribution in [0.2, 0.25) is 0 Å². The highest BCUT2D eigenvalue weighted by molar-refractivity contribution is 5.32. The summed E-state index contributed by atoms with van der Waals surface area (Å²) >= 11 is 0. The molecule has 0 unspecified atom stereocenters. The minimum Gasteiger partial charge on any atom is -0.258 e. The number of nitro groups is 1. The Morgan fingerprint density at radius 2 is 2.40 bits per heavy atom. The van der Waals surface area contributed by atoms with E-state index in [1.807, 2.05) is 0 Å². The first kappa shape index (κ1) is 6.74. The van der Waals surface area contributed by atoms with Crippen LogP contribution in [0, 0.1) is 23.1 Å². The Labute approximate surface area is 58.4 Å². The Bertz CT molecular complexity index is 258. The molecule has 1 rings (SSSR count). The largest absolute Gasteiger partial charge is 0.269 e. The van der Waals surface area contributed by atoms with Gasteiger partial charge in [-0.15, -0.1) is 0 Å². The molecule has 1 aromatic carbocycles. The zero-order valence-electron chi connectivity index (χ0n) is 5.50. The molecule has 0 saturated heterocycles. The third-order valence-electron chi connectivity index (χ3n) is 1.14. The van der Waals surface area contributed by atoms with E-state index in [0.29, 0.717) is 0 Å². The Hall–Kier alpha value is -1.38. The number of rotatable bonds is 1. The standard InChI is InChI=1S/C7H6NO2/c1-6-3-2-4-7(5-6)8(9)10/h2,4-5H,1H3. The summed E-state index contributed by atoms with van der Waals surface area (Å²) < 4.78 is 0. The quantitative estimate of drug-likeness (QED) is 0.435. The van der Waals surface area contributed by atoms with Crippen LogP contribution >= 0.6 is 0 Å². The fourth-order valence-electron chi connectivity index (χ4n) is 0.684. The Balaban J connectivity index is 3.07. The molecular formula is C7H6NO2. The van der Waals surface area contributed by atoms with Crippen molar-refractivity contribution < 1.29 is 4.92 Å². The van der Waals surface area contributed by atoms with Crippen molar-refractivity contribution >= 4 is 5.69 Å². The number of benzene rings is 1. The smallest absolute Gasteiger partial charge is 0.258 e. The van der Waals surface area contributed by atoms with Gasteiger partial charge in [0.25, 0.3) is 5.69 Å². The lowest BCUT2D eigenvalue weighted by Gasteiger charge is -1.90. The fourth-order valence-corrected chi connectivity index (χ4v) is 0.684. The lowest BCUT2D eigenvalue weighted by Crippen LogP contribution is -1.87. The molecule has 0 fully saturated rings. The van der Waals surface area contributed by atoms with Crippen LogP contribution in [-0.2, 0) is 0 Å². The molecule has 0 amide bonds. The summed E-state index contributed by atoms with van der Waals surface area (Å²) in [4.78, 5) is 9.73. The SMILES string of the molecule is Cc1[c]ccc([N+](=O)[O-])c1. The van der Waals surface area contributed by atoms with Gasteiger partial charge >= 0.3 is 0 Å². The molecule has 0 aliphatic rings. The van der Waals surface area contributed by atoms with E-state index in [-0.39, 0.29) is 5.69 Å². The lowest BCUT2D eigenvalue weighted by molar-refractivity contribution is -0.384. The molecule has 0 N–H and O–H groups in total. The molecule has 0 aromatic heterocycles. The van der Waals surface area contributed by atoms with E-state index < -0.39 is 4.92 Å². The maximum absolute atomic E-state index is 10.1. The molecule has 1 radical (unpaired) electrons. The molecule has 51 valence electrons. The van der Waals surface area contributed by atoms with Crippen molar-refractivity contribution in [3.05, 3.63) is 39.9 Å². The second-order valence-electron chi connectivity index (χ2n) is 1.99. The van der Waals surface area contributed by atoms with E-state index >= 15 is 0 Å². The van der Waals surface area contributed by atoms with Gasteiger partial charge in [-0.3, -0.25) is 10.1 Å². The molecule has 0 aliphatic carbocycles. The molecule has 1 aromatic rings. The fraction of sp³-hybridized carbons (Fsp3) is 0.143. The predicted octanol–water partition coefficient (Wildman–Crippen LogP) is 1.70. The van der Waals surface area contributed by atoms with E-state index in [1.165, 1.54) is 12.1 Å². The van der Waals surface area contributed by atoms with Gasteiger partial charge in [0.15, 0.2) is 0 Å². The zero-order valence-corrected chi connectivity index (χ0v) is 5.50. The van der Waals surface area contributed by atoms with Crippen molar-refractivity contribution in [2.75, 3.05) is 0 Å². The highest BCUT2D eigenvalue weighted by Gasteiger charge is 2.01. The van der Waals surface area contributed by atoms with E-state index in [0.717, 1.165) is 5.56 Å². The minimum atomic E-state index is -0.416. The van der Waals surface area contributed by atoms with Crippen LogP contribution < -0.4 is 0 Å². The minimum absolute atomic E-state index is 0.122. The Morgan fingerprint density at radius 3 is 2.80 bits per heavy atom. The molecule has 3 nitrogen and oxygen atoms in total. The van der Waals surface area contributed by atoms with Gasteiger partial charge in [-0.25, -0.2) is 0 Å². The molecule has 0 spiro atoms. The number of nitrogens with zero attached hydrogens (tertiary/aromatic N) is 1. The van der Waals surface area contributed by atoms with Crippen molar-refractivity contribution in [1.29, 1.82) is 0 Å². The number of hydrogen-bond donors (Lipinski definition) is 0. The molecule has 3 heteroatoms. The van der Waals surface area contributed by atoms with Crippen molar-refractivity contribution in [2.24, 2.45) is 0 Å². The van der Waals surface area contributed by atoms with Gasteiger partial charge in [0.1, 0.15) is 0 Å². The van der Waals surface area contributed by atoms with Crippen LogP contribution in [0.15, 0.2) is 18.2 Å². The third kappa shape index (κ3) is 1.31. The van der Waals surface area contributed by atoms with E-state index in [2.05, 4.69) is 6.07 Å². The maximum atomic E-state index is 10.1. The Morgan fingerprint density at radius 1 is 1.70 bits per heavy atom. The van der Waals surface area contributed by atoms with Crippen LogP contribution in [0.3, 0.4) is 0 Å². The first-order valence-electron chi connectivity index (χ1n) is 2.83. The van der Waals surface area contributed by atoms with Gasteiger partial charge in [0, 0.05) is 12.1 Å². The van der Waals surface area contributed by atoms with Crippen molar-refractivity contribution in [2.45, 2.75) is 6.92 Å². The number of non-ortho nitro benzene ring substituents is 1. The highest BCUT2D eigenvalue weighted by Crippen LogP contribution is 2.10. The van der Waals surface area contributed by atoms with E-state index in [4.69, 9.17) is 0 Å². The topological polar surface area (TPSA) is 43.1 Å². The zero-order chi connectivity index (χ0) is 7.56. The summed E-state index contributed by atoms with van der Waals surface area (Å²) in [6, 6.07) is 7.28. The Kier molecular flexibility index (Phi) is 1.67. The van der Waals surface area contributed by atoms with Gasteiger partial charge in [0.2, 0.25) is 0 Å². The monoisotopic (exact) mass is 136 g/mol. The maximum Gasteiger partial charge on any atom is 0.269 e. The second kappa shape index (κ2) is 2.47. The van der Waals surface area contributed by atoms with Crippen LogP contribution in [0.25, 0.3) is 0 Å². The molecule has 0 bridgehead atoms. The molecule has 0 saturated carbocycles. The molecule has 0 aliphatic heterocycles. The average Bonchev–Trinajstić information content (AvgIpc) is 1.88. The van der Waals surface area contributed by atoms with Gasteiger partial charge in [-0.05, 0) is 24.6 Å². The lowest BCUT2D eigenvalue weighted by atomic mass is 10.2. The third-order valence-corrected chi connectivity index (χ3v) is 1.14. The number of nitro benzene ring substituents is 1. The first-order valence-corrected chi connectivity index (χ1v) is 2.83. The van der Waals surface area contributed by atoms with Crippen LogP contribution in [0.5, 0.6) is 0 Å². The molecular weight excluding hydrogens is 130 g/mol. The average molecular weight is 136 g/mol. The van der Waals surface area contributed by atoms with Crippen molar-refractivity contribution in [3.63, 3.8) is 0 Å². The summed E-state index contributed by atoms with van der Waals surface area (Å²) in [5.74, 6) is 0. The normalized spacial score (nSPS) is 9.30. The van der Waals surface area contributed by atoms with Crippen LogP contribution in [-0.4, -0.2) is 4.92 Å². The van der Waals surface area contributed by atoms with Gasteiger partial charge in [-0.2, -0.15) is 0 Å². The number of hydrogen-bond acceptors (Lipinski definition) is 2. The van der Waals surface area contributed by atoms with Gasteiger partial charge < -0.3 is 0 Å². The highest BCUT2D eigenvalue weighted by atomic mass is 16.6. The van der Waals surface area contributed by atoms with E-state index in [9.17, 15) is 10.1 Å². The molecule has 0 heterocycles. The first-order chi connectivity index (χ1) is 4.70. The number of aryl methyl sites for hydroxylation is 1. The van der Waals surface area contributed by atoms with Crippen LogP contribution in [0.4, 0.5) is 5.69 Å². The predicted molar refractivity (Wildman–Crippen MR) is 36.7 cm³/mol. The van der Waals surface area contributed by atoms with Crippen molar-refractivity contribution in [3.8, 4) is 0 Å². The van der Waals surface area contributed by atoms with Gasteiger partial charge in [-0.1, -0.05) is 0 Å². The van der Waals surface area contributed by atoms with Crippen molar-refractivity contribution in [1.82, 2.24) is 0 Å². The molecule has 0 atom stereocenters. The summed E-state index contributed by atoms with van der Waals surface area (Å²) in [5, 5.41) is 10.1.